The molecule has 0 radical (unpaired) electrons. The minimum atomic E-state index is 0.367. The van der Waals surface area contributed by atoms with Gasteiger partial charge >= 0.3 is 0 Å². The molecule has 0 saturated carbocycles. The standard InChI is InChI=1S/C26H28N6O3/c1-29-13-20(12-27)19-11-22-25(30-14-19)32(26(28)31-22)15-18-6-9-23(24(10-18)34-3)35-16-17-4-7-21(33-2)8-5-17/h4-14H,15-16,27H2,1-3H3,(H2,28,31). The van der Waals surface area contributed by atoms with Crippen molar-refractivity contribution in [1.29, 1.82) is 0 Å². The van der Waals surface area contributed by atoms with Crippen molar-refractivity contribution >= 4 is 28.9 Å². The summed E-state index contributed by atoms with van der Waals surface area (Å²) in [5, 5.41) is 0. The zero-order valence-corrected chi connectivity index (χ0v) is 19.9. The molecule has 9 nitrogen and oxygen atoms in total. The fraction of sp³-hybridized carbons (Fsp3) is 0.192. The van der Waals surface area contributed by atoms with Crippen LogP contribution in [0.3, 0.4) is 0 Å². The Morgan fingerprint density at radius 3 is 2.49 bits per heavy atom. The maximum absolute atomic E-state index is 6.23. The highest BCUT2D eigenvalue weighted by molar-refractivity contribution is 6.10. The normalized spacial score (nSPS) is 11.8. The van der Waals surface area contributed by atoms with Gasteiger partial charge < -0.3 is 25.7 Å². The number of aliphatic imine (C=N–C) groups is 1. The first-order valence-corrected chi connectivity index (χ1v) is 10.9. The molecule has 0 bridgehead atoms. The molecule has 0 atom stereocenters. The molecular weight excluding hydrogens is 444 g/mol. The second-order valence-electron chi connectivity index (χ2n) is 7.75. The summed E-state index contributed by atoms with van der Waals surface area (Å²) < 4.78 is 18.6. The van der Waals surface area contributed by atoms with Gasteiger partial charge in [-0.1, -0.05) is 18.2 Å². The second-order valence-corrected chi connectivity index (χ2v) is 7.75. The zero-order valence-electron chi connectivity index (χ0n) is 19.9. The Morgan fingerprint density at radius 1 is 1.03 bits per heavy atom. The number of hydrogen-bond acceptors (Lipinski definition) is 8. The summed E-state index contributed by atoms with van der Waals surface area (Å²) in [5.41, 5.74) is 16.9. The first-order valence-electron chi connectivity index (χ1n) is 10.9. The molecule has 0 aliphatic heterocycles. The Bertz CT molecular complexity index is 1380. The van der Waals surface area contributed by atoms with E-state index in [0.717, 1.165) is 28.0 Å². The maximum Gasteiger partial charge on any atom is 0.202 e. The third-order valence-corrected chi connectivity index (χ3v) is 5.52. The number of allylic oxidation sites excluding steroid dienone is 1. The molecule has 180 valence electrons. The van der Waals surface area contributed by atoms with E-state index < -0.39 is 0 Å². The highest BCUT2D eigenvalue weighted by Crippen LogP contribution is 2.30. The van der Waals surface area contributed by atoms with Gasteiger partial charge in [-0.25, -0.2) is 9.97 Å². The van der Waals surface area contributed by atoms with Gasteiger partial charge in [0.15, 0.2) is 17.1 Å². The summed E-state index contributed by atoms with van der Waals surface area (Å²) in [6.45, 7) is 0.882. The zero-order chi connectivity index (χ0) is 24.8. The van der Waals surface area contributed by atoms with Gasteiger partial charge in [0.1, 0.15) is 17.9 Å². The number of aromatic nitrogens is 3. The lowest BCUT2D eigenvalue weighted by atomic mass is 10.1. The number of fused-ring (bicyclic) bond motifs is 1. The van der Waals surface area contributed by atoms with Gasteiger partial charge in [-0.3, -0.25) is 9.56 Å². The fourth-order valence-electron chi connectivity index (χ4n) is 3.69. The molecule has 2 aromatic heterocycles. The minimum absolute atomic E-state index is 0.367. The van der Waals surface area contributed by atoms with Crippen LogP contribution in [0.25, 0.3) is 16.7 Å². The lowest BCUT2D eigenvalue weighted by Crippen LogP contribution is -2.06. The first-order chi connectivity index (χ1) is 17.1. The van der Waals surface area contributed by atoms with Gasteiger partial charge in [0.2, 0.25) is 5.95 Å². The molecule has 9 heteroatoms. The molecule has 0 spiro atoms. The largest absolute Gasteiger partial charge is 0.497 e. The quantitative estimate of drug-likeness (QED) is 0.356. The summed E-state index contributed by atoms with van der Waals surface area (Å²) in [6, 6.07) is 15.4. The van der Waals surface area contributed by atoms with Gasteiger partial charge in [-0.05, 0) is 41.5 Å². The Kier molecular flexibility index (Phi) is 7.15. The molecule has 4 aromatic rings. The van der Waals surface area contributed by atoms with Crippen LogP contribution in [-0.4, -0.2) is 42.0 Å². The number of methoxy groups -OCH3 is 2. The van der Waals surface area contributed by atoms with E-state index in [1.54, 1.807) is 33.7 Å². The first kappa shape index (κ1) is 23.6. The van der Waals surface area contributed by atoms with E-state index in [0.29, 0.717) is 41.8 Å². The maximum atomic E-state index is 6.23. The van der Waals surface area contributed by atoms with Gasteiger partial charge in [-0.2, -0.15) is 0 Å². The van der Waals surface area contributed by atoms with Crippen molar-refractivity contribution in [1.82, 2.24) is 14.5 Å². The lowest BCUT2D eigenvalue weighted by molar-refractivity contribution is 0.284. The van der Waals surface area contributed by atoms with E-state index in [9.17, 15) is 0 Å². The summed E-state index contributed by atoms with van der Waals surface area (Å²) in [7, 11) is 4.95. The average molecular weight is 473 g/mol. The molecule has 0 aliphatic carbocycles. The molecule has 0 fully saturated rings. The number of nitrogens with two attached hydrogens (primary N) is 2. The molecule has 35 heavy (non-hydrogen) atoms. The van der Waals surface area contributed by atoms with Crippen LogP contribution in [0.5, 0.6) is 17.2 Å². The number of pyridine rings is 1. The van der Waals surface area contributed by atoms with E-state index in [1.807, 2.05) is 53.1 Å². The Balaban J connectivity index is 1.54. The van der Waals surface area contributed by atoms with Gasteiger partial charge in [0.25, 0.3) is 0 Å². The summed E-state index contributed by atoms with van der Waals surface area (Å²) >= 11 is 0. The highest BCUT2D eigenvalue weighted by Gasteiger charge is 2.14. The van der Waals surface area contributed by atoms with Crippen molar-refractivity contribution < 1.29 is 14.2 Å². The third kappa shape index (κ3) is 5.19. The summed E-state index contributed by atoms with van der Waals surface area (Å²) in [4.78, 5) is 13.1. The van der Waals surface area contributed by atoms with E-state index >= 15 is 0 Å². The number of benzene rings is 2. The summed E-state index contributed by atoms with van der Waals surface area (Å²) in [6.07, 6.45) is 4.89. The van der Waals surface area contributed by atoms with Crippen LogP contribution in [0.2, 0.25) is 0 Å². The topological polar surface area (TPSA) is 123 Å². The van der Waals surface area contributed by atoms with Crippen LogP contribution >= 0.6 is 0 Å². The predicted octanol–water partition coefficient (Wildman–Crippen LogP) is 3.66. The van der Waals surface area contributed by atoms with Gasteiger partial charge in [-0.15, -0.1) is 0 Å². The molecular formula is C26H28N6O3. The molecule has 4 rings (SSSR count). The van der Waals surface area contributed by atoms with Gasteiger partial charge in [0, 0.05) is 36.8 Å². The van der Waals surface area contributed by atoms with Crippen molar-refractivity contribution in [3.05, 3.63) is 77.6 Å². The molecule has 2 aromatic carbocycles. The van der Waals surface area contributed by atoms with Crippen molar-refractivity contribution in [2.45, 2.75) is 13.2 Å². The van der Waals surface area contributed by atoms with Crippen LogP contribution in [-0.2, 0) is 13.2 Å². The van der Waals surface area contributed by atoms with E-state index in [1.165, 1.54) is 6.20 Å². The van der Waals surface area contributed by atoms with Crippen LogP contribution in [0.15, 0.2) is 65.9 Å². The number of nitrogen functional groups attached to an aromatic ring is 1. The number of anilines is 1. The second kappa shape index (κ2) is 10.6. The average Bonchev–Trinajstić information content (AvgIpc) is 3.20. The number of rotatable bonds is 9. The van der Waals surface area contributed by atoms with Gasteiger partial charge in [0.05, 0.1) is 20.8 Å². The Morgan fingerprint density at radius 2 is 1.80 bits per heavy atom. The molecule has 0 saturated heterocycles. The monoisotopic (exact) mass is 472 g/mol. The van der Waals surface area contributed by atoms with E-state index in [-0.39, 0.29) is 0 Å². The van der Waals surface area contributed by atoms with Crippen molar-refractivity contribution in [2.75, 3.05) is 27.0 Å². The minimum Gasteiger partial charge on any atom is -0.497 e. The van der Waals surface area contributed by atoms with Crippen molar-refractivity contribution in [3.63, 3.8) is 0 Å². The van der Waals surface area contributed by atoms with Crippen LogP contribution < -0.4 is 25.7 Å². The number of ether oxygens (including phenoxy) is 3. The van der Waals surface area contributed by atoms with Crippen molar-refractivity contribution in [2.24, 2.45) is 10.7 Å². The Hall–Kier alpha value is -4.53. The van der Waals surface area contributed by atoms with Crippen LogP contribution in [0.4, 0.5) is 5.95 Å². The molecule has 0 amide bonds. The number of hydrogen-bond donors (Lipinski definition) is 2. The number of nitrogens with zero attached hydrogens (tertiary/aromatic N) is 4. The molecule has 4 N–H and O–H groups in total. The molecule has 2 heterocycles. The van der Waals surface area contributed by atoms with Crippen molar-refractivity contribution in [3.8, 4) is 17.2 Å². The lowest BCUT2D eigenvalue weighted by Gasteiger charge is -2.13. The fourth-order valence-corrected chi connectivity index (χ4v) is 3.69. The predicted molar refractivity (Wildman–Crippen MR) is 138 cm³/mol. The SMILES string of the molecule is CN=CC(=CN)c1cnc2c(c1)nc(N)n2Cc1ccc(OCc2ccc(OC)cc2)c(OC)c1. The van der Waals surface area contributed by atoms with Crippen LogP contribution in [0.1, 0.15) is 16.7 Å². The molecule has 0 aliphatic rings. The third-order valence-electron chi connectivity index (χ3n) is 5.52. The molecule has 0 unspecified atom stereocenters. The summed E-state index contributed by atoms with van der Waals surface area (Å²) in [5.74, 6) is 2.45. The van der Waals surface area contributed by atoms with E-state index in [2.05, 4.69) is 15.0 Å². The van der Waals surface area contributed by atoms with E-state index in [4.69, 9.17) is 25.7 Å². The smallest absolute Gasteiger partial charge is 0.202 e. The highest BCUT2D eigenvalue weighted by atomic mass is 16.5. The van der Waals surface area contributed by atoms with Crippen LogP contribution in [0, 0.1) is 0 Å². The number of imidazole rings is 1. The Labute approximate surface area is 203 Å².